The summed E-state index contributed by atoms with van der Waals surface area (Å²) in [7, 11) is -3.67. The van der Waals surface area contributed by atoms with Crippen molar-refractivity contribution in [1.29, 1.82) is 0 Å². The fraction of sp³-hybridized carbons (Fsp3) is 0.611. The van der Waals surface area contributed by atoms with Crippen molar-refractivity contribution in [2.24, 2.45) is 0 Å². The van der Waals surface area contributed by atoms with Crippen LogP contribution >= 0.6 is 0 Å². The van der Waals surface area contributed by atoms with Gasteiger partial charge in [-0.15, -0.1) is 0 Å². The Kier molecular flexibility index (Phi) is 7.37. The van der Waals surface area contributed by atoms with E-state index in [1.54, 1.807) is 0 Å². The smallest absolute Gasteiger partial charge is 0.232 e. The Morgan fingerprint density at radius 1 is 1.15 bits per heavy atom. The number of carbonyl (C=O) groups excluding carboxylic acids is 1. The third kappa shape index (κ3) is 6.23. The molecule has 0 radical (unpaired) electrons. The molecule has 1 aromatic rings. The topological polar surface area (TPSA) is 66.5 Å². The largest absolute Gasteiger partial charge is 0.353 e. The summed E-state index contributed by atoms with van der Waals surface area (Å²) in [5.74, 6) is -2.25. The summed E-state index contributed by atoms with van der Waals surface area (Å²) in [6.45, 7) is 0.0298. The predicted octanol–water partition coefficient (Wildman–Crippen LogP) is 3.35. The van der Waals surface area contributed by atoms with Crippen LogP contribution in [0.5, 0.6) is 0 Å². The number of anilines is 1. The van der Waals surface area contributed by atoms with Crippen molar-refractivity contribution in [3.63, 3.8) is 0 Å². The van der Waals surface area contributed by atoms with Gasteiger partial charge in [-0.1, -0.05) is 25.7 Å². The molecule has 2 rings (SSSR count). The number of hydrogen-bond acceptors (Lipinski definition) is 3. The molecule has 0 bridgehead atoms. The van der Waals surface area contributed by atoms with E-state index >= 15 is 0 Å². The first-order chi connectivity index (χ1) is 12.3. The lowest BCUT2D eigenvalue weighted by atomic mass is 10.1. The first-order valence-corrected chi connectivity index (χ1v) is 10.8. The summed E-state index contributed by atoms with van der Waals surface area (Å²) >= 11 is 0. The molecule has 146 valence electrons. The van der Waals surface area contributed by atoms with Crippen LogP contribution in [0.1, 0.15) is 51.4 Å². The molecule has 0 saturated heterocycles. The van der Waals surface area contributed by atoms with E-state index in [1.165, 1.54) is 18.9 Å². The van der Waals surface area contributed by atoms with E-state index in [9.17, 15) is 22.0 Å². The number of halogens is 2. The summed E-state index contributed by atoms with van der Waals surface area (Å²) in [4.78, 5) is 12.1. The maximum absolute atomic E-state index is 13.4. The third-order valence-electron chi connectivity index (χ3n) is 4.58. The van der Waals surface area contributed by atoms with Gasteiger partial charge in [-0.3, -0.25) is 9.10 Å². The van der Waals surface area contributed by atoms with Crippen molar-refractivity contribution in [2.45, 2.75) is 57.4 Å². The molecule has 0 atom stereocenters. The van der Waals surface area contributed by atoms with Crippen molar-refractivity contribution < 1.29 is 22.0 Å². The van der Waals surface area contributed by atoms with E-state index in [1.807, 2.05) is 0 Å². The zero-order chi connectivity index (χ0) is 19.2. The molecule has 1 amide bonds. The van der Waals surface area contributed by atoms with Gasteiger partial charge in [-0.25, -0.2) is 17.2 Å². The van der Waals surface area contributed by atoms with E-state index in [4.69, 9.17) is 0 Å². The van der Waals surface area contributed by atoms with E-state index in [0.717, 1.165) is 48.4 Å². The molecule has 1 N–H and O–H groups in total. The number of nitrogens with zero attached hydrogens (tertiary/aromatic N) is 1. The minimum absolute atomic E-state index is 0.0298. The van der Waals surface area contributed by atoms with E-state index < -0.39 is 21.7 Å². The highest BCUT2D eigenvalue weighted by atomic mass is 32.2. The molecular weight excluding hydrogens is 362 g/mol. The van der Waals surface area contributed by atoms with Gasteiger partial charge < -0.3 is 5.32 Å². The summed E-state index contributed by atoms with van der Waals surface area (Å²) < 4.78 is 51.4. The van der Waals surface area contributed by atoms with Gasteiger partial charge in [0.1, 0.15) is 0 Å². The molecule has 1 aliphatic rings. The number of rotatable bonds is 7. The highest BCUT2D eigenvalue weighted by Gasteiger charge is 2.20. The van der Waals surface area contributed by atoms with Gasteiger partial charge in [-0.05, 0) is 31.4 Å². The Balaban J connectivity index is 1.91. The molecule has 0 unspecified atom stereocenters. The first-order valence-electron chi connectivity index (χ1n) is 8.99. The average molecular weight is 388 g/mol. The number of carbonyl (C=O) groups is 1. The van der Waals surface area contributed by atoms with Gasteiger partial charge in [-0.2, -0.15) is 0 Å². The lowest BCUT2D eigenvalue weighted by Crippen LogP contribution is -2.35. The lowest BCUT2D eigenvalue weighted by Gasteiger charge is -2.23. The number of nitrogens with one attached hydrogen (secondary N) is 1. The first kappa shape index (κ1) is 20.6. The Labute approximate surface area is 153 Å². The van der Waals surface area contributed by atoms with Gasteiger partial charge in [0.25, 0.3) is 0 Å². The van der Waals surface area contributed by atoms with Crippen LogP contribution in [0.25, 0.3) is 0 Å². The molecule has 1 saturated carbocycles. The van der Waals surface area contributed by atoms with Crippen LogP contribution in [0.15, 0.2) is 18.2 Å². The minimum atomic E-state index is -3.67. The van der Waals surface area contributed by atoms with Crippen LogP contribution in [0, 0.1) is 11.6 Å². The highest BCUT2D eigenvalue weighted by molar-refractivity contribution is 7.92. The monoisotopic (exact) mass is 388 g/mol. The standard InChI is InChI=1S/C18H26F2N2O3S/c1-26(24,25)22(15-10-11-16(19)17(20)13-15)12-6-9-18(23)21-14-7-4-2-3-5-8-14/h10-11,13-14H,2-9,12H2,1H3,(H,21,23). The van der Waals surface area contributed by atoms with E-state index in [0.29, 0.717) is 6.42 Å². The molecule has 0 aromatic heterocycles. The minimum Gasteiger partial charge on any atom is -0.353 e. The summed E-state index contributed by atoms with van der Waals surface area (Å²) in [5, 5.41) is 3.01. The zero-order valence-electron chi connectivity index (χ0n) is 15.0. The predicted molar refractivity (Wildman–Crippen MR) is 97.4 cm³/mol. The van der Waals surface area contributed by atoms with Crippen LogP contribution < -0.4 is 9.62 Å². The van der Waals surface area contributed by atoms with Crippen molar-refractivity contribution in [2.75, 3.05) is 17.1 Å². The molecule has 5 nitrogen and oxygen atoms in total. The van der Waals surface area contributed by atoms with Gasteiger partial charge >= 0.3 is 0 Å². The SMILES string of the molecule is CS(=O)(=O)N(CCCC(=O)NC1CCCCCC1)c1ccc(F)c(F)c1. The summed E-state index contributed by atoms with van der Waals surface area (Å²) in [5.41, 5.74) is 0.0515. The number of amides is 1. The molecule has 26 heavy (non-hydrogen) atoms. The van der Waals surface area contributed by atoms with Crippen LogP contribution in [-0.2, 0) is 14.8 Å². The van der Waals surface area contributed by atoms with Crippen molar-refractivity contribution in [3.8, 4) is 0 Å². The average Bonchev–Trinajstić information content (AvgIpc) is 2.82. The Bertz CT molecular complexity index is 717. The molecule has 0 heterocycles. The molecule has 1 fully saturated rings. The number of sulfonamides is 1. The van der Waals surface area contributed by atoms with Crippen molar-refractivity contribution in [3.05, 3.63) is 29.8 Å². The maximum Gasteiger partial charge on any atom is 0.232 e. The van der Waals surface area contributed by atoms with E-state index in [-0.39, 0.29) is 30.6 Å². The number of benzene rings is 1. The molecule has 1 aromatic carbocycles. The number of hydrogen-bond donors (Lipinski definition) is 1. The molecule has 1 aliphatic carbocycles. The summed E-state index contributed by atoms with van der Waals surface area (Å²) in [6, 6.07) is 3.15. The molecular formula is C18H26F2N2O3S. The van der Waals surface area contributed by atoms with Gasteiger partial charge in [0.05, 0.1) is 11.9 Å². The zero-order valence-corrected chi connectivity index (χ0v) is 15.8. The second-order valence-electron chi connectivity index (χ2n) is 6.79. The molecule has 0 aliphatic heterocycles. The lowest BCUT2D eigenvalue weighted by molar-refractivity contribution is -0.121. The van der Waals surface area contributed by atoms with Crippen LogP contribution in [-0.4, -0.2) is 33.2 Å². The molecule has 0 spiro atoms. The summed E-state index contributed by atoms with van der Waals surface area (Å²) in [6.07, 6.45) is 8.07. The van der Waals surface area contributed by atoms with Gasteiger partial charge in [0.15, 0.2) is 11.6 Å². The van der Waals surface area contributed by atoms with E-state index in [2.05, 4.69) is 5.32 Å². The Hall–Kier alpha value is -1.70. The van der Waals surface area contributed by atoms with Gasteiger partial charge in [0.2, 0.25) is 15.9 Å². The Morgan fingerprint density at radius 2 is 1.81 bits per heavy atom. The fourth-order valence-corrected chi connectivity index (χ4v) is 4.19. The fourth-order valence-electron chi connectivity index (χ4n) is 3.23. The Morgan fingerprint density at radius 3 is 2.38 bits per heavy atom. The van der Waals surface area contributed by atoms with Gasteiger partial charge in [0, 0.05) is 25.1 Å². The second kappa shape index (κ2) is 9.30. The van der Waals surface area contributed by atoms with Crippen molar-refractivity contribution >= 4 is 21.6 Å². The maximum atomic E-state index is 13.4. The van der Waals surface area contributed by atoms with Crippen LogP contribution in [0.4, 0.5) is 14.5 Å². The van der Waals surface area contributed by atoms with Crippen LogP contribution in [0.2, 0.25) is 0 Å². The molecule has 8 heteroatoms. The quantitative estimate of drug-likeness (QED) is 0.729. The van der Waals surface area contributed by atoms with Crippen molar-refractivity contribution in [1.82, 2.24) is 5.32 Å². The van der Waals surface area contributed by atoms with Crippen LogP contribution in [0.3, 0.4) is 0 Å². The second-order valence-corrected chi connectivity index (χ2v) is 8.70. The third-order valence-corrected chi connectivity index (χ3v) is 5.77. The highest BCUT2D eigenvalue weighted by Crippen LogP contribution is 2.21. The normalized spacial score (nSPS) is 16.1.